The summed E-state index contributed by atoms with van der Waals surface area (Å²) in [4.78, 5) is 34.5. The van der Waals surface area contributed by atoms with Gasteiger partial charge in [0.2, 0.25) is 11.8 Å². The minimum Gasteiger partial charge on any atom is -0.342 e. The van der Waals surface area contributed by atoms with E-state index in [-0.39, 0.29) is 18.4 Å². The molecule has 2 aliphatic rings. The van der Waals surface area contributed by atoms with Crippen LogP contribution in [0.4, 0.5) is 0 Å². The van der Waals surface area contributed by atoms with Crippen molar-refractivity contribution in [3.8, 4) is 0 Å². The molecule has 0 saturated carbocycles. The van der Waals surface area contributed by atoms with Gasteiger partial charge in [0.15, 0.2) is 5.16 Å². The summed E-state index contributed by atoms with van der Waals surface area (Å²) in [5.74, 6) is 1.75. The molecule has 0 aliphatic carbocycles. The van der Waals surface area contributed by atoms with E-state index in [0.29, 0.717) is 17.6 Å². The Morgan fingerprint density at radius 2 is 1.70 bits per heavy atom. The molecule has 0 unspecified atom stereocenters. The first-order chi connectivity index (χ1) is 14.5. The SMILES string of the molecule is C[C@H]1C[C@H](C)CN(C(=O)Cn2c(SCC(=O)N3CCCCC3)nc3ccccc32)C1. The van der Waals surface area contributed by atoms with Crippen LogP contribution in [0.2, 0.25) is 0 Å². The van der Waals surface area contributed by atoms with Crippen LogP contribution >= 0.6 is 11.8 Å². The third-order valence-electron chi connectivity index (χ3n) is 6.17. The molecule has 2 fully saturated rings. The Balaban J connectivity index is 1.50. The summed E-state index contributed by atoms with van der Waals surface area (Å²) in [6, 6.07) is 7.91. The van der Waals surface area contributed by atoms with Gasteiger partial charge in [-0.2, -0.15) is 0 Å². The summed E-state index contributed by atoms with van der Waals surface area (Å²) in [6.07, 6.45) is 4.58. The van der Waals surface area contributed by atoms with Gasteiger partial charge in [0.05, 0.1) is 16.8 Å². The van der Waals surface area contributed by atoms with Crippen LogP contribution in [-0.4, -0.2) is 63.1 Å². The van der Waals surface area contributed by atoms with Gasteiger partial charge in [-0.25, -0.2) is 4.98 Å². The third kappa shape index (κ3) is 4.82. The lowest BCUT2D eigenvalue weighted by Crippen LogP contribution is -2.44. The quantitative estimate of drug-likeness (QED) is 0.682. The number of likely N-dealkylation sites (tertiary alicyclic amines) is 2. The van der Waals surface area contributed by atoms with E-state index < -0.39 is 0 Å². The number of hydrogen-bond acceptors (Lipinski definition) is 4. The summed E-state index contributed by atoms with van der Waals surface area (Å²) in [5, 5.41) is 0.757. The van der Waals surface area contributed by atoms with Crippen molar-refractivity contribution in [1.82, 2.24) is 19.4 Å². The Morgan fingerprint density at radius 3 is 2.43 bits per heavy atom. The standard InChI is InChI=1S/C23H32N4O2S/c1-17-12-18(2)14-26(13-17)21(28)15-27-20-9-5-4-8-19(20)24-23(27)30-16-22(29)25-10-6-3-7-11-25/h4-5,8-9,17-18H,3,6-7,10-16H2,1-2H3/t17-,18-/m0/s1. The third-order valence-corrected chi connectivity index (χ3v) is 7.13. The van der Waals surface area contributed by atoms with E-state index in [9.17, 15) is 9.59 Å². The maximum Gasteiger partial charge on any atom is 0.242 e. The van der Waals surface area contributed by atoms with E-state index >= 15 is 0 Å². The lowest BCUT2D eigenvalue weighted by atomic mass is 9.92. The number of benzene rings is 1. The molecular formula is C23H32N4O2S. The molecule has 0 N–H and O–H groups in total. The molecule has 2 saturated heterocycles. The number of fused-ring (bicyclic) bond motifs is 1. The number of rotatable bonds is 5. The van der Waals surface area contributed by atoms with Crippen molar-refractivity contribution in [2.24, 2.45) is 11.8 Å². The highest BCUT2D eigenvalue weighted by molar-refractivity contribution is 7.99. The minimum absolute atomic E-state index is 0.140. The number of hydrogen-bond donors (Lipinski definition) is 0. The highest BCUT2D eigenvalue weighted by Crippen LogP contribution is 2.26. The van der Waals surface area contributed by atoms with E-state index in [0.717, 1.165) is 55.2 Å². The molecule has 4 rings (SSSR count). The number of para-hydroxylation sites is 2. The zero-order valence-corrected chi connectivity index (χ0v) is 18.9. The molecule has 2 aromatic rings. The molecule has 0 radical (unpaired) electrons. The number of imidazole rings is 1. The van der Waals surface area contributed by atoms with Crippen LogP contribution in [0.5, 0.6) is 0 Å². The molecule has 1 aromatic heterocycles. The van der Waals surface area contributed by atoms with Crippen LogP contribution in [0.15, 0.2) is 29.4 Å². The molecule has 7 heteroatoms. The zero-order chi connectivity index (χ0) is 21.1. The number of thioether (sulfide) groups is 1. The van der Waals surface area contributed by atoms with Crippen molar-refractivity contribution in [3.63, 3.8) is 0 Å². The van der Waals surface area contributed by atoms with Crippen molar-refractivity contribution >= 4 is 34.6 Å². The van der Waals surface area contributed by atoms with Gasteiger partial charge in [-0.1, -0.05) is 37.7 Å². The van der Waals surface area contributed by atoms with Crippen molar-refractivity contribution in [3.05, 3.63) is 24.3 Å². The highest BCUT2D eigenvalue weighted by Gasteiger charge is 2.27. The fourth-order valence-electron chi connectivity index (χ4n) is 4.78. The van der Waals surface area contributed by atoms with Gasteiger partial charge in [-0.05, 0) is 49.7 Å². The number of nitrogens with zero attached hydrogens (tertiary/aromatic N) is 4. The second-order valence-electron chi connectivity index (χ2n) is 8.94. The average molecular weight is 429 g/mol. The first-order valence-corrected chi connectivity index (χ1v) is 12.1. The summed E-state index contributed by atoms with van der Waals surface area (Å²) < 4.78 is 2.00. The van der Waals surface area contributed by atoms with E-state index in [2.05, 4.69) is 13.8 Å². The Hall–Kier alpha value is -2.02. The highest BCUT2D eigenvalue weighted by atomic mass is 32.2. The first-order valence-electron chi connectivity index (χ1n) is 11.1. The fraction of sp³-hybridized carbons (Fsp3) is 0.609. The second-order valence-corrected chi connectivity index (χ2v) is 9.89. The largest absolute Gasteiger partial charge is 0.342 e. The second kappa shape index (κ2) is 9.41. The van der Waals surface area contributed by atoms with Gasteiger partial charge in [-0.3, -0.25) is 9.59 Å². The smallest absolute Gasteiger partial charge is 0.242 e. The van der Waals surface area contributed by atoms with Gasteiger partial charge >= 0.3 is 0 Å². The average Bonchev–Trinajstić information content (AvgIpc) is 3.09. The van der Waals surface area contributed by atoms with Crippen LogP contribution in [0, 0.1) is 11.8 Å². The molecule has 30 heavy (non-hydrogen) atoms. The van der Waals surface area contributed by atoms with Gasteiger partial charge in [0.1, 0.15) is 6.54 Å². The van der Waals surface area contributed by atoms with Crippen molar-refractivity contribution in [2.45, 2.75) is 51.2 Å². The number of piperidine rings is 2. The van der Waals surface area contributed by atoms with E-state index in [1.807, 2.05) is 38.6 Å². The van der Waals surface area contributed by atoms with Gasteiger partial charge < -0.3 is 14.4 Å². The Labute approximate surface area is 183 Å². The number of carbonyl (C=O) groups is 2. The van der Waals surface area contributed by atoms with E-state index in [4.69, 9.17) is 4.98 Å². The Kier molecular flexibility index (Phi) is 6.66. The lowest BCUT2D eigenvalue weighted by molar-refractivity contribution is -0.134. The van der Waals surface area contributed by atoms with Gasteiger partial charge in [-0.15, -0.1) is 0 Å². The van der Waals surface area contributed by atoms with Gasteiger partial charge in [0.25, 0.3) is 0 Å². The Morgan fingerprint density at radius 1 is 1.00 bits per heavy atom. The van der Waals surface area contributed by atoms with Crippen molar-refractivity contribution < 1.29 is 9.59 Å². The van der Waals surface area contributed by atoms with Crippen LogP contribution < -0.4 is 0 Å². The molecule has 162 valence electrons. The first kappa shape index (κ1) is 21.2. The predicted octanol–water partition coefficient (Wildman–Crippen LogP) is 3.65. The van der Waals surface area contributed by atoms with Crippen molar-refractivity contribution in [1.29, 1.82) is 0 Å². The number of aromatic nitrogens is 2. The zero-order valence-electron chi connectivity index (χ0n) is 18.0. The molecular weight excluding hydrogens is 396 g/mol. The van der Waals surface area contributed by atoms with Crippen LogP contribution in [0.1, 0.15) is 39.5 Å². The Bertz CT molecular complexity index is 896. The maximum atomic E-state index is 13.1. The predicted molar refractivity (Wildman–Crippen MR) is 120 cm³/mol. The molecule has 0 spiro atoms. The molecule has 3 heterocycles. The topological polar surface area (TPSA) is 58.4 Å². The minimum atomic E-state index is 0.140. The molecule has 2 amide bonds. The van der Waals surface area contributed by atoms with Crippen molar-refractivity contribution in [2.75, 3.05) is 31.9 Å². The normalized spacial score (nSPS) is 22.5. The summed E-state index contributed by atoms with van der Waals surface area (Å²) in [5.41, 5.74) is 1.83. The molecule has 2 atom stereocenters. The van der Waals surface area contributed by atoms with Crippen LogP contribution in [-0.2, 0) is 16.1 Å². The molecule has 1 aromatic carbocycles. The number of carbonyl (C=O) groups excluding carboxylic acids is 2. The maximum absolute atomic E-state index is 13.1. The number of amides is 2. The summed E-state index contributed by atoms with van der Waals surface area (Å²) in [7, 11) is 0. The fourth-order valence-corrected chi connectivity index (χ4v) is 5.70. The van der Waals surface area contributed by atoms with E-state index in [1.54, 1.807) is 0 Å². The summed E-state index contributed by atoms with van der Waals surface area (Å²) in [6.45, 7) is 8.09. The lowest BCUT2D eigenvalue weighted by Gasteiger charge is -2.35. The van der Waals surface area contributed by atoms with Crippen LogP contribution in [0.3, 0.4) is 0 Å². The van der Waals surface area contributed by atoms with Gasteiger partial charge in [0, 0.05) is 26.2 Å². The molecule has 2 aliphatic heterocycles. The van der Waals surface area contributed by atoms with Crippen LogP contribution in [0.25, 0.3) is 11.0 Å². The van der Waals surface area contributed by atoms with E-state index in [1.165, 1.54) is 24.6 Å². The summed E-state index contributed by atoms with van der Waals surface area (Å²) >= 11 is 1.45. The molecule has 6 nitrogen and oxygen atoms in total. The molecule has 0 bridgehead atoms. The monoisotopic (exact) mass is 428 g/mol.